The molecular formula is C23H26N4O7. The number of carbonyl (C=O) groups is 4. The summed E-state index contributed by atoms with van der Waals surface area (Å²) in [5, 5.41) is 17.6. The lowest BCUT2D eigenvalue weighted by atomic mass is 9.97. The SMILES string of the molecule is CC(=O)O.COC(=O)CC1(C)Oc2cc(NC(=O)c3ccc(C(=N)N)cc3)ccc2N(C)C1=O. The highest BCUT2D eigenvalue weighted by Gasteiger charge is 2.45. The van der Waals surface area contributed by atoms with E-state index < -0.39 is 17.5 Å². The molecule has 11 nitrogen and oxygen atoms in total. The van der Waals surface area contributed by atoms with Crippen molar-refractivity contribution in [3.05, 3.63) is 53.6 Å². The topological polar surface area (TPSA) is 172 Å². The molecule has 0 aromatic heterocycles. The number of benzene rings is 2. The number of ether oxygens (including phenoxy) is 2. The van der Waals surface area contributed by atoms with Crippen LogP contribution in [0.2, 0.25) is 0 Å². The summed E-state index contributed by atoms with van der Waals surface area (Å²) in [4.78, 5) is 47.4. The number of hydrogen-bond acceptors (Lipinski definition) is 7. The van der Waals surface area contributed by atoms with Gasteiger partial charge in [-0.1, -0.05) is 12.1 Å². The van der Waals surface area contributed by atoms with Crippen LogP contribution in [0.15, 0.2) is 42.5 Å². The van der Waals surface area contributed by atoms with E-state index in [0.29, 0.717) is 28.3 Å². The normalized spacial score (nSPS) is 16.2. The quantitative estimate of drug-likeness (QED) is 0.292. The van der Waals surface area contributed by atoms with Gasteiger partial charge in [-0.25, -0.2) is 0 Å². The summed E-state index contributed by atoms with van der Waals surface area (Å²) in [6, 6.07) is 11.2. The number of amides is 2. The number of rotatable bonds is 5. The van der Waals surface area contributed by atoms with Crippen LogP contribution < -0.4 is 20.7 Å². The van der Waals surface area contributed by atoms with Crippen LogP contribution in [0.25, 0.3) is 0 Å². The van der Waals surface area contributed by atoms with Gasteiger partial charge in [0.25, 0.3) is 17.8 Å². The maximum Gasteiger partial charge on any atom is 0.310 e. The van der Waals surface area contributed by atoms with E-state index in [1.807, 2.05) is 0 Å². The van der Waals surface area contributed by atoms with Crippen molar-refractivity contribution in [3.63, 3.8) is 0 Å². The highest BCUT2D eigenvalue weighted by molar-refractivity contribution is 6.07. The molecule has 1 heterocycles. The van der Waals surface area contributed by atoms with Gasteiger partial charge < -0.3 is 30.5 Å². The van der Waals surface area contributed by atoms with Crippen LogP contribution in [0.1, 0.15) is 36.2 Å². The van der Waals surface area contributed by atoms with E-state index in [1.54, 1.807) is 49.5 Å². The summed E-state index contributed by atoms with van der Waals surface area (Å²) >= 11 is 0. The number of anilines is 2. The summed E-state index contributed by atoms with van der Waals surface area (Å²) in [5.74, 6) is -1.86. The summed E-state index contributed by atoms with van der Waals surface area (Å²) in [6.45, 7) is 2.60. The molecule has 11 heteroatoms. The summed E-state index contributed by atoms with van der Waals surface area (Å²) in [7, 11) is 2.83. The zero-order valence-electron chi connectivity index (χ0n) is 19.2. The molecular weight excluding hydrogens is 444 g/mol. The molecule has 0 saturated heterocycles. The van der Waals surface area contributed by atoms with Crippen molar-refractivity contribution in [2.75, 3.05) is 24.4 Å². The number of nitrogens with two attached hydrogens (primary N) is 1. The number of carboxylic acids is 1. The Balaban J connectivity index is 0.000000945. The van der Waals surface area contributed by atoms with Gasteiger partial charge in [0.1, 0.15) is 11.6 Å². The van der Waals surface area contributed by atoms with E-state index in [2.05, 4.69) is 10.1 Å². The molecule has 0 saturated carbocycles. The Morgan fingerprint density at radius 1 is 1.18 bits per heavy atom. The molecule has 2 aromatic carbocycles. The van der Waals surface area contributed by atoms with E-state index in [1.165, 1.54) is 18.9 Å². The third-order valence-corrected chi connectivity index (χ3v) is 4.84. The van der Waals surface area contributed by atoms with Crippen molar-refractivity contribution in [1.82, 2.24) is 0 Å². The van der Waals surface area contributed by atoms with Crippen molar-refractivity contribution >= 4 is 41.0 Å². The van der Waals surface area contributed by atoms with Crippen molar-refractivity contribution in [1.29, 1.82) is 5.41 Å². The van der Waals surface area contributed by atoms with E-state index in [4.69, 9.17) is 25.8 Å². The average molecular weight is 470 g/mol. The van der Waals surface area contributed by atoms with Gasteiger partial charge in [0.05, 0.1) is 19.2 Å². The summed E-state index contributed by atoms with van der Waals surface area (Å²) in [6.07, 6.45) is -0.245. The molecule has 1 atom stereocenters. The van der Waals surface area contributed by atoms with Gasteiger partial charge in [0.15, 0.2) is 5.60 Å². The second-order valence-electron chi connectivity index (χ2n) is 7.60. The van der Waals surface area contributed by atoms with Crippen molar-refractivity contribution in [3.8, 4) is 5.75 Å². The number of methoxy groups -OCH3 is 1. The maximum absolute atomic E-state index is 12.7. The molecule has 1 aliphatic rings. The van der Waals surface area contributed by atoms with Gasteiger partial charge in [-0.15, -0.1) is 0 Å². The van der Waals surface area contributed by atoms with Gasteiger partial charge in [0.2, 0.25) is 0 Å². The highest BCUT2D eigenvalue weighted by Crippen LogP contribution is 2.40. The third kappa shape index (κ3) is 6.09. The molecule has 0 spiro atoms. The molecule has 0 aliphatic carbocycles. The molecule has 34 heavy (non-hydrogen) atoms. The number of hydrogen-bond donors (Lipinski definition) is 4. The Morgan fingerprint density at radius 2 is 1.74 bits per heavy atom. The lowest BCUT2D eigenvalue weighted by Gasteiger charge is -2.38. The predicted octanol–water partition coefficient (Wildman–Crippen LogP) is 1.99. The number of amidine groups is 1. The van der Waals surface area contributed by atoms with Gasteiger partial charge in [-0.2, -0.15) is 0 Å². The van der Waals surface area contributed by atoms with Crippen molar-refractivity contribution < 1.29 is 33.8 Å². The first kappa shape index (κ1) is 25.8. The van der Waals surface area contributed by atoms with Gasteiger partial charge in [0, 0.05) is 36.9 Å². The molecule has 5 N–H and O–H groups in total. The first-order chi connectivity index (χ1) is 15.9. The molecule has 2 amide bonds. The number of carboxylic acid groups (broad SMARTS) is 1. The van der Waals surface area contributed by atoms with Crippen LogP contribution in [0.4, 0.5) is 11.4 Å². The molecule has 0 fully saturated rings. The number of nitrogens with one attached hydrogen (secondary N) is 2. The molecule has 3 rings (SSSR count). The zero-order chi connectivity index (χ0) is 25.6. The molecule has 0 bridgehead atoms. The number of carbonyl (C=O) groups excluding carboxylic acids is 3. The van der Waals surface area contributed by atoms with E-state index >= 15 is 0 Å². The fourth-order valence-electron chi connectivity index (χ4n) is 3.16. The van der Waals surface area contributed by atoms with E-state index in [-0.39, 0.29) is 24.1 Å². The monoisotopic (exact) mass is 470 g/mol. The van der Waals surface area contributed by atoms with Crippen LogP contribution in [0.3, 0.4) is 0 Å². The number of nitrogen functional groups attached to an aromatic ring is 1. The Morgan fingerprint density at radius 3 is 2.26 bits per heavy atom. The first-order valence-electron chi connectivity index (χ1n) is 10.0. The first-order valence-corrected chi connectivity index (χ1v) is 10.0. The van der Waals surface area contributed by atoms with Crippen LogP contribution in [0, 0.1) is 5.41 Å². The maximum atomic E-state index is 12.7. The number of esters is 1. The minimum Gasteiger partial charge on any atom is -0.481 e. The molecule has 180 valence electrons. The van der Waals surface area contributed by atoms with Gasteiger partial charge >= 0.3 is 5.97 Å². The Labute approximate surface area is 196 Å². The molecule has 2 aromatic rings. The number of aliphatic carboxylic acids is 1. The predicted molar refractivity (Wildman–Crippen MR) is 124 cm³/mol. The van der Waals surface area contributed by atoms with Crippen LogP contribution in [-0.2, 0) is 19.1 Å². The second kappa shape index (κ2) is 10.5. The standard InChI is InChI=1S/C21H22N4O5.C2H4O2/c1-21(11-17(26)29-3)20(28)25(2)15-9-8-14(10-16(15)30-21)24-19(27)13-6-4-12(5-7-13)18(22)23;1-2(3)4/h4-10H,11H2,1-3H3,(H3,22,23)(H,24,27);1H3,(H,3,4). The minimum atomic E-state index is -1.42. The molecule has 1 unspecified atom stereocenters. The Kier molecular flexibility index (Phi) is 7.96. The zero-order valence-corrected chi connectivity index (χ0v) is 19.2. The lowest BCUT2D eigenvalue weighted by Crippen LogP contribution is -2.54. The van der Waals surface area contributed by atoms with Crippen molar-refractivity contribution in [2.24, 2.45) is 5.73 Å². The fraction of sp³-hybridized carbons (Fsp3) is 0.261. The highest BCUT2D eigenvalue weighted by atomic mass is 16.5. The smallest absolute Gasteiger partial charge is 0.310 e. The van der Waals surface area contributed by atoms with Crippen LogP contribution >= 0.6 is 0 Å². The minimum absolute atomic E-state index is 0.0811. The van der Waals surface area contributed by atoms with Crippen LogP contribution in [-0.4, -0.2) is 54.5 Å². The van der Waals surface area contributed by atoms with E-state index in [0.717, 1.165) is 6.92 Å². The average Bonchev–Trinajstić information content (AvgIpc) is 2.77. The second-order valence-corrected chi connectivity index (χ2v) is 7.60. The molecule has 1 aliphatic heterocycles. The third-order valence-electron chi connectivity index (χ3n) is 4.84. The number of nitrogens with zero attached hydrogens (tertiary/aromatic N) is 1. The molecule has 0 radical (unpaired) electrons. The summed E-state index contributed by atoms with van der Waals surface area (Å²) in [5.41, 5.74) is 5.89. The number of likely N-dealkylation sites (N-methyl/N-ethyl adjacent to an activating group) is 1. The van der Waals surface area contributed by atoms with E-state index in [9.17, 15) is 14.4 Å². The van der Waals surface area contributed by atoms with Crippen molar-refractivity contribution in [2.45, 2.75) is 25.9 Å². The Hall–Kier alpha value is -4.41. The lowest BCUT2D eigenvalue weighted by molar-refractivity contribution is -0.150. The van der Waals surface area contributed by atoms with Gasteiger partial charge in [-0.05, 0) is 31.2 Å². The summed E-state index contributed by atoms with van der Waals surface area (Å²) < 4.78 is 10.5. The Bertz CT molecular complexity index is 1130. The fourth-order valence-corrected chi connectivity index (χ4v) is 3.16. The number of fused-ring (bicyclic) bond motifs is 1. The van der Waals surface area contributed by atoms with Crippen LogP contribution in [0.5, 0.6) is 5.75 Å². The van der Waals surface area contributed by atoms with Gasteiger partial charge in [-0.3, -0.25) is 24.6 Å². The largest absolute Gasteiger partial charge is 0.481 e.